The molecule has 3 aliphatic rings. The third-order valence-electron chi connectivity index (χ3n) is 9.17. The zero-order valence-corrected chi connectivity index (χ0v) is 25.8. The van der Waals surface area contributed by atoms with Gasteiger partial charge >= 0.3 is 0 Å². The first-order valence-corrected chi connectivity index (χ1v) is 17.2. The minimum absolute atomic E-state index is 0.0216. The summed E-state index contributed by atoms with van der Waals surface area (Å²) in [7, 11) is -3.81. The largest absolute Gasteiger partial charge is 0.373 e. The van der Waals surface area contributed by atoms with Crippen molar-refractivity contribution < 1.29 is 26.9 Å². The first-order chi connectivity index (χ1) is 20.6. The number of aromatic nitrogens is 2. The van der Waals surface area contributed by atoms with Gasteiger partial charge in [-0.15, -0.1) is 11.3 Å². The van der Waals surface area contributed by atoms with Gasteiger partial charge in [0.1, 0.15) is 17.0 Å². The molecule has 2 aromatic heterocycles. The van der Waals surface area contributed by atoms with Crippen molar-refractivity contribution in [1.82, 2.24) is 14.9 Å². The van der Waals surface area contributed by atoms with Crippen molar-refractivity contribution in [2.45, 2.75) is 88.6 Å². The molecule has 11 heteroatoms. The molecular weight excluding hydrogens is 590 g/mol. The Bertz CT molecular complexity index is 1820. The lowest BCUT2D eigenvalue weighted by Crippen LogP contribution is -2.38. The topological polar surface area (TPSA) is 111 Å². The molecule has 0 aliphatic heterocycles. The zero-order chi connectivity index (χ0) is 29.9. The Morgan fingerprint density at radius 1 is 1.19 bits per heavy atom. The predicted molar refractivity (Wildman–Crippen MR) is 162 cm³/mol. The number of amides is 1. The molecule has 2 aromatic carbocycles. The summed E-state index contributed by atoms with van der Waals surface area (Å²) in [5, 5.41) is 5.25. The van der Waals surface area contributed by atoms with Crippen LogP contribution in [0.5, 0.6) is 0 Å². The van der Waals surface area contributed by atoms with Gasteiger partial charge in [0.05, 0.1) is 27.2 Å². The molecule has 1 N–H and O–H groups in total. The monoisotopic (exact) mass is 623 g/mol. The third-order valence-corrected chi connectivity index (χ3v) is 12.4. The van der Waals surface area contributed by atoms with Crippen LogP contribution in [0.4, 0.5) is 4.39 Å². The number of fused-ring (bicyclic) bond motifs is 1. The molecule has 43 heavy (non-hydrogen) atoms. The summed E-state index contributed by atoms with van der Waals surface area (Å²) in [5.74, 6) is 0.288. The van der Waals surface area contributed by atoms with Gasteiger partial charge < -0.3 is 9.26 Å². The van der Waals surface area contributed by atoms with E-state index in [0.717, 1.165) is 71.3 Å². The Morgan fingerprint density at radius 3 is 2.72 bits per heavy atom. The Kier molecular flexibility index (Phi) is 7.17. The quantitative estimate of drug-likeness (QED) is 0.206. The second kappa shape index (κ2) is 10.8. The van der Waals surface area contributed by atoms with Crippen molar-refractivity contribution in [2.75, 3.05) is 0 Å². The minimum Gasteiger partial charge on any atom is -0.373 e. The summed E-state index contributed by atoms with van der Waals surface area (Å²) in [4.78, 5) is 17.2. The van der Waals surface area contributed by atoms with Crippen LogP contribution in [0.3, 0.4) is 0 Å². The Morgan fingerprint density at radius 2 is 1.98 bits per heavy atom. The van der Waals surface area contributed by atoms with Crippen LogP contribution in [0.25, 0.3) is 21.5 Å². The molecule has 3 fully saturated rings. The molecule has 7 rings (SSSR count). The number of rotatable bonds is 10. The van der Waals surface area contributed by atoms with Crippen LogP contribution in [-0.2, 0) is 27.8 Å². The molecule has 4 aromatic rings. The van der Waals surface area contributed by atoms with Gasteiger partial charge in [0.25, 0.3) is 5.91 Å². The van der Waals surface area contributed by atoms with Gasteiger partial charge in [-0.25, -0.2) is 22.5 Å². The molecular formula is C32H34FN3O5S2. The fraction of sp³-hybridized carbons (Fsp3) is 0.469. The van der Waals surface area contributed by atoms with Gasteiger partial charge in [0, 0.05) is 29.0 Å². The summed E-state index contributed by atoms with van der Waals surface area (Å²) in [6.45, 7) is 4.14. The molecule has 0 saturated heterocycles. The number of aryl methyl sites for hydroxylation is 1. The number of ether oxygens (including phenoxy) is 1. The molecule has 226 valence electrons. The summed E-state index contributed by atoms with van der Waals surface area (Å²) in [6, 6.07) is 10.8. The Balaban J connectivity index is 1.01. The fourth-order valence-electron chi connectivity index (χ4n) is 5.99. The first-order valence-electron chi connectivity index (χ1n) is 14.9. The number of halogens is 1. The highest BCUT2D eigenvalue weighted by atomic mass is 32.2. The number of benzene rings is 2. The molecule has 0 bridgehead atoms. The van der Waals surface area contributed by atoms with E-state index in [1.165, 1.54) is 17.4 Å². The number of sulfonamides is 1. The van der Waals surface area contributed by atoms with Crippen LogP contribution in [0.15, 0.2) is 40.9 Å². The second-order valence-corrected chi connectivity index (χ2v) is 15.9. The highest BCUT2D eigenvalue weighted by Gasteiger charge is 2.51. The van der Waals surface area contributed by atoms with Gasteiger partial charge in [0.15, 0.2) is 5.82 Å². The number of carbonyl (C=O) groups excluding carboxylic acids is 1. The molecule has 0 spiro atoms. The van der Waals surface area contributed by atoms with Crippen LogP contribution >= 0.6 is 11.3 Å². The highest BCUT2D eigenvalue weighted by Crippen LogP contribution is 2.45. The SMILES string of the molecule is Cc1ccccc1-c1noc(C2CC2)c1CO[C@H]1CC[C@@H](Cc2nc3c(F)cc(C(=O)NS(=O)(=O)C4(C)CC4)cc3s2)C1. The molecule has 8 nitrogen and oxygen atoms in total. The van der Waals surface area contributed by atoms with E-state index in [1.54, 1.807) is 6.92 Å². The van der Waals surface area contributed by atoms with Crippen LogP contribution in [0.1, 0.15) is 90.0 Å². The highest BCUT2D eigenvalue weighted by molar-refractivity contribution is 7.91. The van der Waals surface area contributed by atoms with Gasteiger partial charge in [-0.2, -0.15) is 0 Å². The predicted octanol–water partition coefficient (Wildman–Crippen LogP) is 6.82. The Labute approximate surface area is 254 Å². The van der Waals surface area contributed by atoms with Gasteiger partial charge in [-0.1, -0.05) is 29.4 Å². The van der Waals surface area contributed by atoms with E-state index < -0.39 is 26.5 Å². The lowest BCUT2D eigenvalue weighted by atomic mass is 10.0. The smallest absolute Gasteiger partial charge is 0.264 e. The molecule has 3 aliphatic carbocycles. The first kappa shape index (κ1) is 28.6. The maximum absolute atomic E-state index is 15.0. The fourth-order valence-corrected chi connectivity index (χ4v) is 8.38. The van der Waals surface area contributed by atoms with Crippen LogP contribution in [0, 0.1) is 18.7 Å². The Hall–Kier alpha value is -3.15. The van der Waals surface area contributed by atoms with Gasteiger partial charge in [-0.05, 0) is 82.4 Å². The van der Waals surface area contributed by atoms with Gasteiger partial charge in [0.2, 0.25) is 10.0 Å². The summed E-state index contributed by atoms with van der Waals surface area (Å²) in [5.41, 5.74) is 4.34. The van der Waals surface area contributed by atoms with Crippen LogP contribution < -0.4 is 4.72 Å². The number of nitrogens with one attached hydrogen (secondary N) is 1. The molecule has 3 saturated carbocycles. The molecule has 0 radical (unpaired) electrons. The minimum atomic E-state index is -3.81. The second-order valence-electron chi connectivity index (χ2n) is 12.6. The van der Waals surface area contributed by atoms with Crippen molar-refractivity contribution in [3.05, 3.63) is 69.7 Å². The van der Waals surface area contributed by atoms with Crippen molar-refractivity contribution in [2.24, 2.45) is 5.92 Å². The maximum Gasteiger partial charge on any atom is 0.264 e. The van der Waals surface area contributed by atoms with E-state index >= 15 is 0 Å². The summed E-state index contributed by atoms with van der Waals surface area (Å²) < 4.78 is 53.9. The number of carbonyl (C=O) groups is 1. The van der Waals surface area contributed by atoms with E-state index in [9.17, 15) is 17.6 Å². The lowest BCUT2D eigenvalue weighted by molar-refractivity contribution is 0.0424. The summed E-state index contributed by atoms with van der Waals surface area (Å²) in [6.07, 6.45) is 6.85. The molecule has 1 amide bonds. The van der Waals surface area contributed by atoms with Crippen molar-refractivity contribution in [1.29, 1.82) is 0 Å². The standard InChI is InChI=1S/C32H34FN3O5S2/c1-18-5-3-4-6-23(18)28-24(30(41-35-28)20-8-9-20)17-40-22-10-7-19(13-22)14-27-34-29-25(33)15-21(16-26(29)42-27)31(37)36-43(38,39)32(2)11-12-32/h3-6,15-16,19-20,22H,7-14,17H2,1-2H3,(H,36,37)/t19-,22+/m1/s1. The van der Waals surface area contributed by atoms with Crippen molar-refractivity contribution >= 4 is 37.5 Å². The summed E-state index contributed by atoms with van der Waals surface area (Å²) >= 11 is 1.35. The van der Waals surface area contributed by atoms with E-state index in [4.69, 9.17) is 9.26 Å². The van der Waals surface area contributed by atoms with E-state index in [0.29, 0.717) is 42.4 Å². The number of hydrogen-bond acceptors (Lipinski definition) is 8. The number of hydrogen-bond donors (Lipinski definition) is 1. The third kappa shape index (κ3) is 5.62. The number of nitrogens with zero attached hydrogens (tertiary/aromatic N) is 2. The zero-order valence-electron chi connectivity index (χ0n) is 24.2. The van der Waals surface area contributed by atoms with Crippen LogP contribution in [-0.4, -0.2) is 35.3 Å². The van der Waals surface area contributed by atoms with Crippen molar-refractivity contribution in [3.63, 3.8) is 0 Å². The molecule has 2 atom stereocenters. The van der Waals surface area contributed by atoms with E-state index in [-0.39, 0.29) is 17.2 Å². The van der Waals surface area contributed by atoms with E-state index in [2.05, 4.69) is 33.9 Å². The molecule has 0 unspecified atom stereocenters. The normalized spacial score (nSPS) is 21.4. The number of thiazole rings is 1. The maximum atomic E-state index is 15.0. The molecule has 2 heterocycles. The van der Waals surface area contributed by atoms with Gasteiger partial charge in [-0.3, -0.25) is 4.79 Å². The van der Waals surface area contributed by atoms with E-state index in [1.807, 2.05) is 12.1 Å². The van der Waals surface area contributed by atoms with Crippen LogP contribution in [0.2, 0.25) is 0 Å². The lowest BCUT2D eigenvalue weighted by Gasteiger charge is -2.13. The van der Waals surface area contributed by atoms with Crippen molar-refractivity contribution in [3.8, 4) is 11.3 Å². The average Bonchev–Trinajstić information content (AvgIpc) is 3.81. The average molecular weight is 624 g/mol.